The fourth-order valence-corrected chi connectivity index (χ4v) is 14.7. The summed E-state index contributed by atoms with van der Waals surface area (Å²) >= 11 is 7.14. The Balaban J connectivity index is 1.04. The third-order valence-corrected chi connectivity index (χ3v) is 19.9. The van der Waals surface area contributed by atoms with Crippen LogP contribution in [0.25, 0.3) is 43.4 Å². The van der Waals surface area contributed by atoms with Crippen LogP contribution in [-0.2, 0) is 32.0 Å². The molecule has 7 aromatic heterocycles. The van der Waals surface area contributed by atoms with E-state index in [1.807, 2.05) is 49.6 Å². The molecule has 10 rings (SSSR count). The zero-order valence-electron chi connectivity index (χ0n) is 47.6. The predicted octanol–water partition coefficient (Wildman–Crippen LogP) is 9.85. The van der Waals surface area contributed by atoms with E-state index in [0.29, 0.717) is 76.7 Å². The second-order valence-corrected chi connectivity index (χ2v) is 26.3. The molecule has 1 aliphatic rings. The van der Waals surface area contributed by atoms with Gasteiger partial charge < -0.3 is 37.2 Å². The van der Waals surface area contributed by atoms with Crippen LogP contribution in [0.15, 0.2) is 118 Å². The molecule has 89 heavy (non-hydrogen) atoms. The van der Waals surface area contributed by atoms with E-state index in [1.165, 1.54) is 51.5 Å². The molecule has 28 heteroatoms. The Kier molecular flexibility index (Phi) is 19.4. The van der Waals surface area contributed by atoms with Gasteiger partial charge in [-0.25, -0.2) is 39.7 Å². The fourth-order valence-electron chi connectivity index (χ4n) is 9.37. The topological polar surface area (TPSA) is 341 Å². The van der Waals surface area contributed by atoms with Gasteiger partial charge >= 0.3 is 5.97 Å². The number of pyridine rings is 1. The fraction of sp³-hybridized carbons (Fsp3) is 0.230. The Bertz CT molecular complexity index is 4240. The number of allylic oxidation sites excluding steroid dienone is 1. The molecule has 454 valence electrons. The van der Waals surface area contributed by atoms with Gasteiger partial charge in [0.25, 0.3) is 17.7 Å². The first-order chi connectivity index (χ1) is 42.7. The van der Waals surface area contributed by atoms with Crippen LogP contribution in [0.5, 0.6) is 5.75 Å². The molecule has 0 fully saturated rings. The number of fused-ring (bicyclic) bond motifs is 14. The minimum Gasteiger partial charge on any atom is -0.508 e. The lowest BCUT2D eigenvalue weighted by atomic mass is 9.93. The number of hydrogen-bond acceptors (Lipinski definition) is 22. The summed E-state index contributed by atoms with van der Waals surface area (Å²) in [5, 5.41) is 41.3. The lowest BCUT2D eigenvalue weighted by Crippen LogP contribution is -2.49. The second kappa shape index (κ2) is 27.5. The Morgan fingerprint density at radius 1 is 0.674 bits per heavy atom. The summed E-state index contributed by atoms with van der Waals surface area (Å²) in [4.78, 5) is 142. The molecule has 5 atom stereocenters. The molecular formula is C61H54N12O10S6. The number of carbonyl (C=O) groups is 8. The van der Waals surface area contributed by atoms with Crippen LogP contribution in [-0.4, -0.2) is 98.2 Å². The monoisotopic (exact) mass is 1310 g/mol. The summed E-state index contributed by atoms with van der Waals surface area (Å²) in [6.07, 6.45) is 0.0388. The number of benzene rings is 2. The van der Waals surface area contributed by atoms with Crippen LogP contribution in [0.2, 0.25) is 0 Å². The summed E-state index contributed by atoms with van der Waals surface area (Å²) in [5.41, 5.74) is 8.60. The van der Waals surface area contributed by atoms with E-state index in [4.69, 9.17) is 35.6 Å². The standard InChI is InChI=1S/C61H54N12O10S6/c1-6-28(2)48-60-71-44(27-88-60)58-67-40(23-86-58)50-36(16-17-37(64-50)57-70-41(26-87-57)52(79)63-30(4)45(75)18-29(3)61(82)83)56-69-43(25-85-56)54(81)66-39(22-47(62)77)59-73-49(31(5)89-59)46(76)21-34(19-32-10-8-7-9-11-32)55-68-42(24-84-55)53(80)65-38(51(78)72-48)20-33-12-14-35(74)15-13-33/h7-17,23-28,34,38-39,48,74H,3-4,6,18-22H2,1-2,5H3,(H2,62,77)(H,63,79)(H,65,80)(H,66,81)(H,72,78)(H,82,83). The van der Waals surface area contributed by atoms with E-state index >= 15 is 0 Å². The van der Waals surface area contributed by atoms with E-state index < -0.39 is 71.8 Å². The summed E-state index contributed by atoms with van der Waals surface area (Å²) < 4.78 is 0. The number of Topliss-reactive ketones (excluding diaryl/α,β-unsaturated/α-hetero) is 2. The number of phenolic OH excluding ortho intramolecular Hbond substituents is 1. The smallest absolute Gasteiger partial charge is 0.331 e. The molecule has 9 aromatic rings. The number of primary amides is 1. The molecule has 0 aliphatic carbocycles. The number of nitrogens with one attached hydrogen (secondary N) is 4. The van der Waals surface area contributed by atoms with Crippen molar-refractivity contribution < 1.29 is 48.6 Å². The summed E-state index contributed by atoms with van der Waals surface area (Å²) in [5.74, 6) is -6.45. The summed E-state index contributed by atoms with van der Waals surface area (Å²) in [7, 11) is 0. The number of carbonyl (C=O) groups excluding carboxylic acids is 7. The molecule has 0 spiro atoms. The minimum atomic E-state index is -1.37. The van der Waals surface area contributed by atoms with Crippen LogP contribution in [0.3, 0.4) is 0 Å². The van der Waals surface area contributed by atoms with Crippen LogP contribution in [0.1, 0.15) is 131 Å². The zero-order valence-corrected chi connectivity index (χ0v) is 52.5. The maximum atomic E-state index is 14.8. The number of aromatic hydroxyl groups is 1. The van der Waals surface area contributed by atoms with Crippen molar-refractivity contribution in [2.45, 2.75) is 83.3 Å². The number of nitrogens with zero attached hydrogens (tertiary/aromatic N) is 7. The van der Waals surface area contributed by atoms with Crippen molar-refractivity contribution >= 4 is 115 Å². The molecular weight excluding hydrogens is 1250 g/mol. The van der Waals surface area contributed by atoms with Crippen molar-refractivity contribution in [2.75, 3.05) is 0 Å². The molecule has 8 heterocycles. The van der Waals surface area contributed by atoms with Crippen molar-refractivity contribution in [2.24, 2.45) is 11.7 Å². The maximum Gasteiger partial charge on any atom is 0.331 e. The number of aliphatic carboxylic acids is 1. The summed E-state index contributed by atoms with van der Waals surface area (Å²) in [6, 6.07) is 16.4. The molecule has 2 aromatic carbocycles. The first-order valence-corrected chi connectivity index (χ1v) is 32.7. The van der Waals surface area contributed by atoms with E-state index in [9.17, 15) is 48.6 Å². The van der Waals surface area contributed by atoms with Crippen molar-refractivity contribution in [1.82, 2.24) is 56.2 Å². The van der Waals surface area contributed by atoms with Gasteiger partial charge in [-0.1, -0.05) is 75.9 Å². The number of carboxylic acid groups (broad SMARTS) is 1. The molecule has 8 N–H and O–H groups in total. The van der Waals surface area contributed by atoms with Gasteiger partial charge in [-0.3, -0.25) is 33.6 Å². The van der Waals surface area contributed by atoms with E-state index in [1.54, 1.807) is 47.3 Å². The highest BCUT2D eigenvalue weighted by Gasteiger charge is 2.33. The molecule has 5 unspecified atom stereocenters. The molecule has 5 amide bonds. The highest BCUT2D eigenvalue weighted by Crippen LogP contribution is 2.40. The van der Waals surface area contributed by atoms with Gasteiger partial charge in [0.15, 0.2) is 11.6 Å². The number of thiazole rings is 6. The molecule has 22 nitrogen and oxygen atoms in total. The quantitative estimate of drug-likeness (QED) is 0.0469. The number of ketones is 2. The third kappa shape index (κ3) is 14.9. The lowest BCUT2D eigenvalue weighted by Gasteiger charge is -2.26. The highest BCUT2D eigenvalue weighted by atomic mass is 32.1. The van der Waals surface area contributed by atoms with E-state index in [2.05, 4.69) is 39.4 Å². The number of rotatable bonds is 15. The van der Waals surface area contributed by atoms with Gasteiger partial charge in [-0.15, -0.1) is 68.0 Å². The van der Waals surface area contributed by atoms with Gasteiger partial charge in [0, 0.05) is 68.1 Å². The van der Waals surface area contributed by atoms with Crippen molar-refractivity contribution in [3.63, 3.8) is 0 Å². The van der Waals surface area contributed by atoms with Crippen molar-refractivity contribution in [1.29, 1.82) is 0 Å². The minimum absolute atomic E-state index is 0.0187. The number of aryl methyl sites for hydroxylation is 1. The first kappa shape index (κ1) is 62.8. The second-order valence-electron chi connectivity index (χ2n) is 20.7. The number of phenols is 1. The lowest BCUT2D eigenvalue weighted by molar-refractivity contribution is -0.133. The largest absolute Gasteiger partial charge is 0.508 e. The number of carboxylic acids is 1. The normalized spacial score (nSPS) is 16.7. The number of hydrogen-bond donors (Lipinski definition) is 7. The number of aromatic nitrogens is 7. The highest BCUT2D eigenvalue weighted by molar-refractivity contribution is 7.15. The zero-order chi connectivity index (χ0) is 63.2. The molecule has 0 saturated carbocycles. The van der Waals surface area contributed by atoms with Crippen LogP contribution in [0, 0.1) is 12.8 Å². The number of amides is 5. The predicted molar refractivity (Wildman–Crippen MR) is 340 cm³/mol. The van der Waals surface area contributed by atoms with Gasteiger partial charge in [-0.05, 0) is 54.7 Å². The molecule has 0 radical (unpaired) electrons. The van der Waals surface area contributed by atoms with Gasteiger partial charge in [-0.2, -0.15) is 0 Å². The molecule has 1 aliphatic heterocycles. The van der Waals surface area contributed by atoms with E-state index in [0.717, 1.165) is 39.6 Å². The van der Waals surface area contributed by atoms with Crippen molar-refractivity contribution in [3.05, 3.63) is 172 Å². The van der Waals surface area contributed by atoms with Crippen molar-refractivity contribution in [3.8, 4) is 49.1 Å². The average molecular weight is 1310 g/mol. The third-order valence-electron chi connectivity index (χ3n) is 14.3. The van der Waals surface area contributed by atoms with Gasteiger partial charge in [0.2, 0.25) is 11.8 Å². The van der Waals surface area contributed by atoms with E-state index in [-0.39, 0.29) is 75.8 Å². The average Bonchev–Trinajstić information content (AvgIpc) is 1.76. The SMILES string of the molecule is C=C(CC(=O)C(=C)NC(=O)c1csc(-c2ccc3c(n2)-c2csc(n2)-c2csc(n2)C(C(C)CC)NC(=O)C(Cc2ccc(O)cc2)NC(=O)c2csc(n2)C(Cc2ccccc2)CC(=O)c2nc(sc2C)C(CC(N)=O)NC(=O)c2csc-3n2)n1)C(=O)O. The number of nitrogens with two attached hydrogens (primary N) is 1. The van der Waals surface area contributed by atoms with Gasteiger partial charge in [0.05, 0.1) is 34.9 Å². The Morgan fingerprint density at radius 2 is 1.30 bits per heavy atom. The Labute approximate surface area is 532 Å². The molecule has 10 bridgehead atoms. The van der Waals surface area contributed by atoms with Crippen LogP contribution >= 0.6 is 68.0 Å². The van der Waals surface area contributed by atoms with Crippen LogP contribution in [0.4, 0.5) is 0 Å². The Morgan fingerprint density at radius 3 is 2.03 bits per heavy atom. The molecule has 0 saturated heterocycles. The van der Waals surface area contributed by atoms with Crippen LogP contribution < -0.4 is 27.0 Å². The summed E-state index contributed by atoms with van der Waals surface area (Å²) in [6.45, 7) is 12.6. The first-order valence-electron chi connectivity index (χ1n) is 27.5. The Hall–Kier alpha value is -9.19. The van der Waals surface area contributed by atoms with Gasteiger partial charge in [0.1, 0.15) is 76.7 Å². The maximum absolute atomic E-state index is 14.8.